The van der Waals surface area contributed by atoms with E-state index in [1.807, 2.05) is 13.8 Å². The molecule has 18 heavy (non-hydrogen) atoms. The number of hydrogen-bond donors (Lipinski definition) is 0. The van der Waals surface area contributed by atoms with E-state index in [0.717, 1.165) is 25.7 Å². The zero-order valence-electron chi connectivity index (χ0n) is 11.7. The summed E-state index contributed by atoms with van der Waals surface area (Å²) in [5.74, 6) is -0.655. The zero-order valence-corrected chi connectivity index (χ0v) is 11.7. The van der Waals surface area contributed by atoms with Gasteiger partial charge in [-0.3, -0.25) is 4.79 Å². The van der Waals surface area contributed by atoms with Gasteiger partial charge in [0.05, 0.1) is 12.2 Å². The van der Waals surface area contributed by atoms with Gasteiger partial charge in [0.25, 0.3) is 0 Å². The van der Waals surface area contributed by atoms with Gasteiger partial charge in [0, 0.05) is 6.42 Å². The zero-order chi connectivity index (χ0) is 13.8. The summed E-state index contributed by atoms with van der Waals surface area (Å²) in [6.45, 7) is 6.13. The van der Waals surface area contributed by atoms with Gasteiger partial charge in [-0.05, 0) is 19.8 Å². The standard InChI is InChI=1S/C14H24O4/c1-4-7-9-12(14(16)17-6-3)11-18-13(15)10-8-5-2/h9H,4-8,10-11H2,1-3H3. The molecule has 0 rings (SSSR count). The van der Waals surface area contributed by atoms with E-state index in [-0.39, 0.29) is 12.6 Å². The van der Waals surface area contributed by atoms with Crippen LogP contribution in [-0.2, 0) is 19.1 Å². The van der Waals surface area contributed by atoms with Crippen molar-refractivity contribution < 1.29 is 19.1 Å². The molecule has 0 unspecified atom stereocenters. The first-order valence-corrected chi connectivity index (χ1v) is 6.67. The van der Waals surface area contributed by atoms with Gasteiger partial charge in [-0.1, -0.05) is 32.8 Å². The Bertz CT molecular complexity index is 282. The van der Waals surface area contributed by atoms with E-state index in [0.29, 0.717) is 18.6 Å². The third-order valence-corrected chi connectivity index (χ3v) is 2.34. The highest BCUT2D eigenvalue weighted by molar-refractivity contribution is 5.89. The second-order valence-electron chi connectivity index (χ2n) is 4.00. The van der Waals surface area contributed by atoms with Crippen molar-refractivity contribution in [2.75, 3.05) is 13.2 Å². The predicted molar refractivity (Wildman–Crippen MR) is 70.1 cm³/mol. The minimum absolute atomic E-state index is 0.0153. The fourth-order valence-electron chi connectivity index (χ4n) is 1.30. The smallest absolute Gasteiger partial charge is 0.337 e. The molecule has 0 fully saturated rings. The first-order valence-electron chi connectivity index (χ1n) is 6.67. The maximum absolute atomic E-state index is 11.6. The summed E-state index contributed by atoms with van der Waals surface area (Å²) in [6.07, 6.45) is 5.66. The first-order chi connectivity index (χ1) is 8.65. The number of carbonyl (C=O) groups excluding carboxylic acids is 2. The first kappa shape index (κ1) is 16.7. The molecule has 4 nitrogen and oxygen atoms in total. The van der Waals surface area contributed by atoms with Crippen LogP contribution >= 0.6 is 0 Å². The van der Waals surface area contributed by atoms with E-state index in [9.17, 15) is 9.59 Å². The molecular formula is C14H24O4. The number of hydrogen-bond acceptors (Lipinski definition) is 4. The third-order valence-electron chi connectivity index (χ3n) is 2.34. The summed E-state index contributed by atoms with van der Waals surface area (Å²) < 4.78 is 9.98. The Balaban J connectivity index is 4.24. The fourth-order valence-corrected chi connectivity index (χ4v) is 1.30. The molecule has 0 N–H and O–H groups in total. The highest BCUT2D eigenvalue weighted by Crippen LogP contribution is 2.05. The molecule has 4 heteroatoms. The summed E-state index contributed by atoms with van der Waals surface area (Å²) in [5, 5.41) is 0. The maximum Gasteiger partial charge on any atom is 0.337 e. The van der Waals surface area contributed by atoms with Gasteiger partial charge < -0.3 is 9.47 Å². The Morgan fingerprint density at radius 1 is 1.06 bits per heavy atom. The molecule has 0 amide bonds. The van der Waals surface area contributed by atoms with Crippen molar-refractivity contribution in [2.24, 2.45) is 0 Å². The van der Waals surface area contributed by atoms with E-state index in [1.165, 1.54) is 0 Å². The number of unbranched alkanes of at least 4 members (excludes halogenated alkanes) is 2. The molecular weight excluding hydrogens is 232 g/mol. The van der Waals surface area contributed by atoms with E-state index < -0.39 is 5.97 Å². The van der Waals surface area contributed by atoms with Crippen molar-refractivity contribution in [1.29, 1.82) is 0 Å². The van der Waals surface area contributed by atoms with Gasteiger partial charge in [-0.2, -0.15) is 0 Å². The summed E-state index contributed by atoms with van der Waals surface area (Å²) >= 11 is 0. The maximum atomic E-state index is 11.6. The molecule has 0 aliphatic carbocycles. The van der Waals surface area contributed by atoms with Crippen LogP contribution in [0, 0.1) is 0 Å². The minimum Gasteiger partial charge on any atom is -0.463 e. The molecule has 0 aliphatic heterocycles. The van der Waals surface area contributed by atoms with Crippen molar-refractivity contribution in [3.05, 3.63) is 11.6 Å². The summed E-state index contributed by atoms with van der Waals surface area (Å²) in [5.41, 5.74) is 0.434. The van der Waals surface area contributed by atoms with Gasteiger partial charge in [-0.25, -0.2) is 4.79 Å². The van der Waals surface area contributed by atoms with Crippen molar-refractivity contribution in [3.63, 3.8) is 0 Å². The SMILES string of the molecule is CCCC=C(COC(=O)CCCC)C(=O)OCC. The Kier molecular flexibility index (Phi) is 10.0. The van der Waals surface area contributed by atoms with Gasteiger partial charge in [0.1, 0.15) is 6.61 Å². The Labute approximate surface area is 109 Å². The second kappa shape index (κ2) is 10.8. The van der Waals surface area contributed by atoms with Gasteiger partial charge in [0.2, 0.25) is 0 Å². The lowest BCUT2D eigenvalue weighted by Gasteiger charge is -2.08. The quantitative estimate of drug-likeness (QED) is 0.470. The molecule has 0 aromatic carbocycles. The number of ether oxygens (including phenoxy) is 2. The van der Waals surface area contributed by atoms with E-state index in [2.05, 4.69) is 0 Å². The lowest BCUT2D eigenvalue weighted by Crippen LogP contribution is -2.15. The molecule has 0 radical (unpaired) electrons. The number of rotatable bonds is 9. The van der Waals surface area contributed by atoms with Crippen molar-refractivity contribution in [1.82, 2.24) is 0 Å². The Morgan fingerprint density at radius 2 is 1.78 bits per heavy atom. The molecule has 0 spiro atoms. The van der Waals surface area contributed by atoms with E-state index >= 15 is 0 Å². The summed E-state index contributed by atoms with van der Waals surface area (Å²) in [6, 6.07) is 0. The van der Waals surface area contributed by atoms with Crippen LogP contribution < -0.4 is 0 Å². The lowest BCUT2D eigenvalue weighted by molar-refractivity contribution is -0.144. The molecule has 0 saturated carbocycles. The molecule has 0 bridgehead atoms. The Hall–Kier alpha value is -1.32. The number of allylic oxidation sites excluding steroid dienone is 1. The second-order valence-corrected chi connectivity index (χ2v) is 4.00. The van der Waals surface area contributed by atoms with Crippen molar-refractivity contribution in [2.45, 2.75) is 52.9 Å². The molecule has 0 heterocycles. The van der Waals surface area contributed by atoms with Crippen LogP contribution in [0.25, 0.3) is 0 Å². The van der Waals surface area contributed by atoms with Crippen molar-refractivity contribution in [3.8, 4) is 0 Å². The van der Waals surface area contributed by atoms with E-state index in [4.69, 9.17) is 9.47 Å². The van der Waals surface area contributed by atoms with Crippen LogP contribution in [-0.4, -0.2) is 25.2 Å². The average Bonchev–Trinajstić information content (AvgIpc) is 2.36. The molecule has 0 atom stereocenters. The minimum atomic E-state index is -0.394. The topological polar surface area (TPSA) is 52.6 Å². The van der Waals surface area contributed by atoms with Gasteiger partial charge in [0.15, 0.2) is 0 Å². The normalized spacial score (nSPS) is 11.2. The molecule has 0 saturated heterocycles. The highest BCUT2D eigenvalue weighted by atomic mass is 16.5. The Morgan fingerprint density at radius 3 is 2.33 bits per heavy atom. The number of esters is 2. The fraction of sp³-hybridized carbons (Fsp3) is 0.714. The predicted octanol–water partition coefficient (Wildman–Crippen LogP) is 3.01. The molecule has 0 aromatic rings. The summed E-state index contributed by atoms with van der Waals surface area (Å²) in [7, 11) is 0. The van der Waals surface area contributed by atoms with Crippen LogP contribution in [0.2, 0.25) is 0 Å². The monoisotopic (exact) mass is 256 g/mol. The molecule has 0 aliphatic rings. The van der Waals surface area contributed by atoms with Gasteiger partial charge >= 0.3 is 11.9 Å². The largest absolute Gasteiger partial charge is 0.463 e. The highest BCUT2D eigenvalue weighted by Gasteiger charge is 2.12. The number of carbonyl (C=O) groups is 2. The van der Waals surface area contributed by atoms with Gasteiger partial charge in [-0.15, -0.1) is 0 Å². The van der Waals surface area contributed by atoms with Crippen LogP contribution in [0.5, 0.6) is 0 Å². The third kappa shape index (κ3) is 7.87. The summed E-state index contributed by atoms with van der Waals surface area (Å²) in [4.78, 5) is 23.0. The lowest BCUT2D eigenvalue weighted by atomic mass is 10.2. The van der Waals surface area contributed by atoms with Crippen LogP contribution in [0.3, 0.4) is 0 Å². The van der Waals surface area contributed by atoms with Crippen LogP contribution in [0.1, 0.15) is 52.9 Å². The van der Waals surface area contributed by atoms with Crippen LogP contribution in [0.4, 0.5) is 0 Å². The van der Waals surface area contributed by atoms with Crippen LogP contribution in [0.15, 0.2) is 11.6 Å². The average molecular weight is 256 g/mol. The molecule has 0 aromatic heterocycles. The van der Waals surface area contributed by atoms with Crippen molar-refractivity contribution >= 4 is 11.9 Å². The van der Waals surface area contributed by atoms with E-state index in [1.54, 1.807) is 13.0 Å². The molecule has 104 valence electrons.